The molecule has 0 unspecified atom stereocenters. The smallest absolute Gasteiger partial charge is 0.232 e. The van der Waals surface area contributed by atoms with E-state index < -0.39 is 5.41 Å². The zero-order chi connectivity index (χ0) is 17.9. The highest BCUT2D eigenvalue weighted by atomic mass is 16.5. The summed E-state index contributed by atoms with van der Waals surface area (Å²) in [5.74, 6) is -0.352. The second-order valence-corrected chi connectivity index (χ2v) is 6.62. The fraction of sp³-hybridized carbons (Fsp3) is 0.500. The molecule has 0 spiro atoms. The highest BCUT2D eigenvalue weighted by Crippen LogP contribution is 2.31. The van der Waals surface area contributed by atoms with Gasteiger partial charge in [0.25, 0.3) is 0 Å². The average molecular weight is 345 g/mol. The van der Waals surface area contributed by atoms with Gasteiger partial charge in [0.15, 0.2) is 0 Å². The molecule has 134 valence electrons. The van der Waals surface area contributed by atoms with Gasteiger partial charge in [0.2, 0.25) is 17.7 Å². The normalized spacial score (nSPS) is 20.0. The van der Waals surface area contributed by atoms with Crippen LogP contribution in [0.5, 0.6) is 0 Å². The van der Waals surface area contributed by atoms with Crippen LogP contribution < -0.4 is 11.1 Å². The van der Waals surface area contributed by atoms with Gasteiger partial charge < -0.3 is 15.8 Å². The number of nitrogens with one attached hydrogen (secondary N) is 1. The summed E-state index contributed by atoms with van der Waals surface area (Å²) in [6, 6.07) is 7.19. The van der Waals surface area contributed by atoms with Crippen molar-refractivity contribution in [2.24, 2.45) is 11.1 Å². The predicted molar refractivity (Wildman–Crippen MR) is 91.4 cm³/mol. The molecular weight excluding hydrogens is 322 g/mol. The summed E-state index contributed by atoms with van der Waals surface area (Å²) in [5.41, 5.74) is 6.79. The van der Waals surface area contributed by atoms with E-state index in [0.29, 0.717) is 38.3 Å². The Balaban J connectivity index is 1.63. The molecule has 0 saturated carbocycles. The lowest BCUT2D eigenvalue weighted by atomic mass is 9.79. The molecule has 25 heavy (non-hydrogen) atoms. The molecule has 3 amide bonds. The van der Waals surface area contributed by atoms with Crippen LogP contribution in [-0.2, 0) is 25.7 Å². The van der Waals surface area contributed by atoms with Crippen molar-refractivity contribution in [1.29, 1.82) is 0 Å². The van der Waals surface area contributed by atoms with Gasteiger partial charge in [-0.3, -0.25) is 19.3 Å². The SMILES string of the molecule is NCC1(C(=O)Nc2ccc(CN3C(=O)CCC3=O)cc2)CCOCC1. The molecule has 0 bridgehead atoms. The lowest BCUT2D eigenvalue weighted by Gasteiger charge is -2.34. The second kappa shape index (κ2) is 7.33. The molecule has 2 aliphatic rings. The van der Waals surface area contributed by atoms with E-state index in [1.54, 1.807) is 12.1 Å². The fourth-order valence-corrected chi connectivity index (χ4v) is 3.22. The van der Waals surface area contributed by atoms with Crippen LogP contribution in [0.15, 0.2) is 24.3 Å². The Morgan fingerprint density at radius 1 is 1.12 bits per heavy atom. The zero-order valence-corrected chi connectivity index (χ0v) is 14.1. The van der Waals surface area contributed by atoms with E-state index in [1.807, 2.05) is 12.1 Å². The number of carbonyl (C=O) groups is 3. The van der Waals surface area contributed by atoms with Gasteiger partial charge in [-0.05, 0) is 30.5 Å². The number of imide groups is 1. The van der Waals surface area contributed by atoms with E-state index in [1.165, 1.54) is 4.90 Å². The zero-order valence-electron chi connectivity index (χ0n) is 14.1. The molecule has 3 rings (SSSR count). The standard InChI is InChI=1S/C18H23N3O4/c19-12-18(7-9-25-10-8-18)17(24)20-14-3-1-13(2-4-14)11-21-15(22)5-6-16(21)23/h1-4H,5-12,19H2,(H,20,24). The molecule has 7 nitrogen and oxygen atoms in total. The Bertz CT molecular complexity index is 649. The maximum atomic E-state index is 12.6. The number of nitrogens with zero attached hydrogens (tertiary/aromatic N) is 1. The predicted octanol–water partition coefficient (Wildman–Crippen LogP) is 1.03. The summed E-state index contributed by atoms with van der Waals surface area (Å²) >= 11 is 0. The Kier molecular flexibility index (Phi) is 5.15. The molecule has 0 radical (unpaired) electrons. The lowest BCUT2D eigenvalue weighted by molar-refractivity contribution is -0.139. The quantitative estimate of drug-likeness (QED) is 0.776. The van der Waals surface area contributed by atoms with E-state index in [2.05, 4.69) is 5.32 Å². The maximum Gasteiger partial charge on any atom is 0.232 e. The monoisotopic (exact) mass is 345 g/mol. The van der Waals surface area contributed by atoms with Gasteiger partial charge in [-0.2, -0.15) is 0 Å². The summed E-state index contributed by atoms with van der Waals surface area (Å²) in [7, 11) is 0. The molecule has 0 atom stereocenters. The molecule has 1 aromatic rings. The highest BCUT2D eigenvalue weighted by molar-refractivity contribution is 6.01. The molecule has 1 aromatic carbocycles. The second-order valence-electron chi connectivity index (χ2n) is 6.62. The van der Waals surface area contributed by atoms with Crippen LogP contribution in [0.3, 0.4) is 0 Å². The van der Waals surface area contributed by atoms with Crippen molar-refractivity contribution in [3.05, 3.63) is 29.8 Å². The third-order valence-electron chi connectivity index (χ3n) is 5.03. The van der Waals surface area contributed by atoms with Gasteiger partial charge in [-0.25, -0.2) is 0 Å². The number of amides is 3. The van der Waals surface area contributed by atoms with Gasteiger partial charge in [-0.1, -0.05) is 12.1 Å². The first-order valence-corrected chi connectivity index (χ1v) is 8.55. The molecular formula is C18H23N3O4. The van der Waals surface area contributed by atoms with Crippen LogP contribution in [0.2, 0.25) is 0 Å². The Morgan fingerprint density at radius 3 is 2.28 bits per heavy atom. The molecule has 0 aromatic heterocycles. The molecule has 2 aliphatic heterocycles. The third kappa shape index (κ3) is 3.72. The number of rotatable bonds is 5. The maximum absolute atomic E-state index is 12.6. The number of hydrogen-bond donors (Lipinski definition) is 2. The van der Waals surface area contributed by atoms with Gasteiger partial charge in [0, 0.05) is 38.3 Å². The van der Waals surface area contributed by atoms with Crippen LogP contribution in [0.25, 0.3) is 0 Å². The number of ether oxygens (including phenoxy) is 1. The first-order chi connectivity index (χ1) is 12.0. The van der Waals surface area contributed by atoms with Gasteiger partial charge in [0.05, 0.1) is 12.0 Å². The summed E-state index contributed by atoms with van der Waals surface area (Å²) < 4.78 is 5.33. The third-order valence-corrected chi connectivity index (χ3v) is 5.03. The van der Waals surface area contributed by atoms with Gasteiger partial charge in [0.1, 0.15) is 0 Å². The van der Waals surface area contributed by atoms with Crippen LogP contribution >= 0.6 is 0 Å². The number of hydrogen-bond acceptors (Lipinski definition) is 5. The molecule has 7 heteroatoms. The summed E-state index contributed by atoms with van der Waals surface area (Å²) in [5, 5.41) is 2.92. The van der Waals surface area contributed by atoms with Crippen molar-refractivity contribution in [2.75, 3.05) is 25.1 Å². The van der Waals surface area contributed by atoms with Crippen molar-refractivity contribution in [3.63, 3.8) is 0 Å². The van der Waals surface area contributed by atoms with Crippen molar-refractivity contribution >= 4 is 23.4 Å². The van der Waals surface area contributed by atoms with E-state index in [4.69, 9.17) is 10.5 Å². The minimum atomic E-state index is -0.578. The van der Waals surface area contributed by atoms with E-state index in [0.717, 1.165) is 5.56 Å². The molecule has 2 heterocycles. The summed E-state index contributed by atoms with van der Waals surface area (Å²) in [6.07, 6.45) is 1.81. The molecule has 2 saturated heterocycles. The molecule has 2 fully saturated rings. The summed E-state index contributed by atoms with van der Waals surface area (Å²) in [4.78, 5) is 37.2. The van der Waals surface area contributed by atoms with Crippen LogP contribution in [0.1, 0.15) is 31.2 Å². The van der Waals surface area contributed by atoms with Crippen molar-refractivity contribution in [3.8, 4) is 0 Å². The highest BCUT2D eigenvalue weighted by Gasteiger charge is 2.38. The Hall–Kier alpha value is -2.25. The minimum Gasteiger partial charge on any atom is -0.381 e. The van der Waals surface area contributed by atoms with E-state index in [-0.39, 0.29) is 37.1 Å². The summed E-state index contributed by atoms with van der Waals surface area (Å²) in [6.45, 7) is 1.65. The number of anilines is 1. The number of likely N-dealkylation sites (tertiary alicyclic amines) is 1. The van der Waals surface area contributed by atoms with Crippen molar-refractivity contribution in [2.45, 2.75) is 32.2 Å². The largest absolute Gasteiger partial charge is 0.381 e. The van der Waals surface area contributed by atoms with Gasteiger partial charge >= 0.3 is 0 Å². The Morgan fingerprint density at radius 2 is 1.72 bits per heavy atom. The lowest BCUT2D eigenvalue weighted by Crippen LogP contribution is -2.46. The average Bonchev–Trinajstić information content (AvgIpc) is 2.95. The topological polar surface area (TPSA) is 102 Å². The number of benzene rings is 1. The Labute approximate surface area is 146 Å². The van der Waals surface area contributed by atoms with Crippen molar-refractivity contribution in [1.82, 2.24) is 4.90 Å². The fourth-order valence-electron chi connectivity index (χ4n) is 3.22. The molecule has 0 aliphatic carbocycles. The van der Waals surface area contributed by atoms with E-state index in [9.17, 15) is 14.4 Å². The number of carbonyl (C=O) groups excluding carboxylic acids is 3. The number of nitrogens with two attached hydrogens (primary N) is 1. The van der Waals surface area contributed by atoms with Gasteiger partial charge in [-0.15, -0.1) is 0 Å². The minimum absolute atomic E-state index is 0.0871. The first kappa shape index (κ1) is 17.6. The first-order valence-electron chi connectivity index (χ1n) is 8.55. The van der Waals surface area contributed by atoms with Crippen LogP contribution in [-0.4, -0.2) is 42.4 Å². The van der Waals surface area contributed by atoms with Crippen molar-refractivity contribution < 1.29 is 19.1 Å². The molecule has 3 N–H and O–H groups in total. The van der Waals surface area contributed by atoms with E-state index >= 15 is 0 Å². The van der Waals surface area contributed by atoms with Crippen LogP contribution in [0, 0.1) is 5.41 Å². The van der Waals surface area contributed by atoms with Crippen LogP contribution in [0.4, 0.5) is 5.69 Å².